The van der Waals surface area contributed by atoms with Crippen LogP contribution in [0.2, 0.25) is 0 Å². The quantitative estimate of drug-likeness (QED) is 0.736. The summed E-state index contributed by atoms with van der Waals surface area (Å²) in [6.45, 7) is 2.23. The number of benzene rings is 2. The van der Waals surface area contributed by atoms with E-state index < -0.39 is 23.6 Å². The molecule has 0 aliphatic carbocycles. The predicted molar refractivity (Wildman–Crippen MR) is 94.9 cm³/mol. The van der Waals surface area contributed by atoms with Crippen LogP contribution in [0.25, 0.3) is 0 Å². The molecule has 0 bridgehead atoms. The molecule has 0 unspecified atom stereocenters. The summed E-state index contributed by atoms with van der Waals surface area (Å²) in [5, 5.41) is 0. The summed E-state index contributed by atoms with van der Waals surface area (Å²) in [4.78, 5) is 24.1. The van der Waals surface area contributed by atoms with Gasteiger partial charge in [-0.25, -0.2) is 0 Å². The zero-order chi connectivity index (χ0) is 20.7. The maximum Gasteiger partial charge on any atom is 0.416 e. The number of nitrogens with one attached hydrogen (secondary N) is 2. The van der Waals surface area contributed by atoms with Crippen LogP contribution < -0.4 is 20.3 Å². The molecule has 0 saturated heterocycles. The average molecular weight is 396 g/mol. The van der Waals surface area contributed by atoms with Crippen molar-refractivity contribution in [3.8, 4) is 11.5 Å². The minimum atomic E-state index is -4.49. The first-order valence-corrected chi connectivity index (χ1v) is 8.30. The van der Waals surface area contributed by atoms with Crippen LogP contribution in [0.5, 0.6) is 11.5 Å². The first kappa shape index (κ1) is 21.1. The van der Waals surface area contributed by atoms with Crippen molar-refractivity contribution in [2.75, 3.05) is 13.7 Å². The van der Waals surface area contributed by atoms with Crippen LogP contribution in [0.1, 0.15) is 28.4 Å². The fraction of sp³-hybridized carbons (Fsp3) is 0.263. The van der Waals surface area contributed by atoms with E-state index in [0.717, 1.165) is 12.1 Å². The molecule has 0 aliphatic rings. The van der Waals surface area contributed by atoms with Crippen LogP contribution in [-0.2, 0) is 17.4 Å². The van der Waals surface area contributed by atoms with Crippen LogP contribution in [0.4, 0.5) is 13.2 Å². The van der Waals surface area contributed by atoms with Gasteiger partial charge >= 0.3 is 6.18 Å². The van der Waals surface area contributed by atoms with Gasteiger partial charge in [-0.1, -0.05) is 18.2 Å². The largest absolute Gasteiger partial charge is 0.493 e. The molecule has 2 rings (SSSR count). The topological polar surface area (TPSA) is 76.7 Å². The first-order chi connectivity index (χ1) is 13.2. The van der Waals surface area contributed by atoms with Gasteiger partial charge in [0, 0.05) is 5.56 Å². The van der Waals surface area contributed by atoms with Crippen molar-refractivity contribution in [2.45, 2.75) is 19.5 Å². The van der Waals surface area contributed by atoms with Gasteiger partial charge in [-0.15, -0.1) is 0 Å². The molecule has 0 heterocycles. The Morgan fingerprint density at radius 2 is 1.79 bits per heavy atom. The van der Waals surface area contributed by atoms with Gasteiger partial charge in [-0.05, 0) is 36.8 Å². The van der Waals surface area contributed by atoms with Gasteiger partial charge in [-0.2, -0.15) is 13.2 Å². The molecule has 6 nitrogen and oxygen atoms in total. The van der Waals surface area contributed by atoms with E-state index in [-0.39, 0.29) is 17.5 Å². The molecule has 0 spiro atoms. The zero-order valence-corrected chi connectivity index (χ0v) is 15.2. The monoisotopic (exact) mass is 396 g/mol. The molecule has 2 N–H and O–H groups in total. The minimum absolute atomic E-state index is 0.171. The Hall–Kier alpha value is -3.23. The smallest absolute Gasteiger partial charge is 0.416 e. The highest BCUT2D eigenvalue weighted by Gasteiger charge is 2.30. The van der Waals surface area contributed by atoms with Gasteiger partial charge < -0.3 is 9.47 Å². The van der Waals surface area contributed by atoms with Crippen molar-refractivity contribution in [2.24, 2.45) is 0 Å². The number of amides is 2. The number of ether oxygens (including phenoxy) is 2. The lowest BCUT2D eigenvalue weighted by Crippen LogP contribution is -2.42. The Labute approximate surface area is 159 Å². The highest BCUT2D eigenvalue weighted by atomic mass is 19.4. The van der Waals surface area contributed by atoms with Crippen LogP contribution in [0.15, 0.2) is 42.5 Å². The highest BCUT2D eigenvalue weighted by molar-refractivity contribution is 5.96. The fourth-order valence-electron chi connectivity index (χ4n) is 2.37. The minimum Gasteiger partial charge on any atom is -0.493 e. The number of hydrogen-bond acceptors (Lipinski definition) is 4. The summed E-state index contributed by atoms with van der Waals surface area (Å²) in [6, 6.07) is 8.91. The molecule has 2 amide bonds. The van der Waals surface area contributed by atoms with Crippen molar-refractivity contribution in [3.63, 3.8) is 0 Å². The Balaban J connectivity index is 1.96. The third-order valence-corrected chi connectivity index (χ3v) is 3.66. The summed E-state index contributed by atoms with van der Waals surface area (Å²) < 4.78 is 48.6. The standard InChI is InChI=1S/C19H19F3N2O4/c1-3-28-15-8-7-13(11-16(15)27-2)18(26)24-23-17(25)10-12-5-4-6-14(9-12)19(20,21)22/h4-9,11H,3,10H2,1-2H3,(H,23,25)(H,24,26). The molecule has 0 aromatic heterocycles. The van der Waals surface area contributed by atoms with Crippen molar-refractivity contribution in [3.05, 3.63) is 59.2 Å². The van der Waals surface area contributed by atoms with Crippen LogP contribution >= 0.6 is 0 Å². The van der Waals surface area contributed by atoms with Gasteiger partial charge in [0.1, 0.15) is 0 Å². The Kier molecular flexibility index (Phi) is 6.86. The first-order valence-electron chi connectivity index (χ1n) is 8.30. The third kappa shape index (κ3) is 5.63. The SMILES string of the molecule is CCOc1ccc(C(=O)NNC(=O)Cc2cccc(C(F)(F)F)c2)cc1OC. The second-order valence-corrected chi connectivity index (χ2v) is 5.68. The lowest BCUT2D eigenvalue weighted by molar-refractivity contribution is -0.137. The van der Waals surface area contributed by atoms with E-state index in [1.54, 1.807) is 13.0 Å². The van der Waals surface area contributed by atoms with Gasteiger partial charge in [0.25, 0.3) is 5.91 Å². The molecule has 9 heteroatoms. The molecular formula is C19H19F3N2O4. The predicted octanol–water partition coefficient (Wildman–Crippen LogP) is 3.12. The molecule has 150 valence electrons. The Bertz CT molecular complexity index is 853. The number of carbonyl (C=O) groups excluding carboxylic acids is 2. The number of rotatable bonds is 6. The van der Waals surface area contributed by atoms with Gasteiger partial charge in [0.05, 0.1) is 25.7 Å². The number of hydrazine groups is 1. The van der Waals surface area contributed by atoms with Crippen molar-refractivity contribution in [1.82, 2.24) is 10.9 Å². The molecule has 2 aromatic rings. The number of methoxy groups -OCH3 is 1. The summed E-state index contributed by atoms with van der Waals surface area (Å²) in [5.41, 5.74) is 3.92. The Morgan fingerprint density at radius 3 is 2.43 bits per heavy atom. The molecule has 2 aromatic carbocycles. The molecule has 0 atom stereocenters. The number of halogens is 3. The van der Waals surface area contributed by atoms with Crippen LogP contribution in [0.3, 0.4) is 0 Å². The molecule has 28 heavy (non-hydrogen) atoms. The lowest BCUT2D eigenvalue weighted by Gasteiger charge is -2.12. The van der Waals surface area contributed by atoms with E-state index >= 15 is 0 Å². The molecule has 0 fully saturated rings. The second kappa shape index (κ2) is 9.12. The van der Waals surface area contributed by atoms with E-state index in [2.05, 4.69) is 10.9 Å². The summed E-state index contributed by atoms with van der Waals surface area (Å²) in [7, 11) is 1.43. The van der Waals surface area contributed by atoms with Crippen molar-refractivity contribution < 1.29 is 32.2 Å². The van der Waals surface area contributed by atoms with Gasteiger partial charge in [-0.3, -0.25) is 20.4 Å². The summed E-state index contributed by atoms with van der Waals surface area (Å²) >= 11 is 0. The highest BCUT2D eigenvalue weighted by Crippen LogP contribution is 2.30. The van der Waals surface area contributed by atoms with E-state index in [1.807, 2.05) is 0 Å². The van der Waals surface area contributed by atoms with Crippen molar-refractivity contribution >= 4 is 11.8 Å². The average Bonchev–Trinajstić information content (AvgIpc) is 2.66. The van der Waals surface area contributed by atoms with Crippen LogP contribution in [0, 0.1) is 0 Å². The van der Waals surface area contributed by atoms with E-state index in [1.165, 1.54) is 31.4 Å². The second-order valence-electron chi connectivity index (χ2n) is 5.68. The van der Waals surface area contributed by atoms with E-state index in [4.69, 9.17) is 9.47 Å². The number of alkyl halides is 3. The Morgan fingerprint density at radius 1 is 1.04 bits per heavy atom. The van der Waals surface area contributed by atoms with Crippen LogP contribution in [-0.4, -0.2) is 25.5 Å². The summed E-state index contributed by atoms with van der Waals surface area (Å²) in [5.74, 6) is -0.454. The van der Waals surface area contributed by atoms with E-state index in [0.29, 0.717) is 18.1 Å². The molecular weight excluding hydrogens is 377 g/mol. The fourth-order valence-corrected chi connectivity index (χ4v) is 2.37. The van der Waals surface area contributed by atoms with Gasteiger partial charge in [0.15, 0.2) is 11.5 Å². The maximum atomic E-state index is 12.7. The molecule has 0 saturated carbocycles. The normalized spacial score (nSPS) is 10.9. The lowest BCUT2D eigenvalue weighted by atomic mass is 10.1. The molecule has 0 aliphatic heterocycles. The molecule has 0 radical (unpaired) electrons. The van der Waals surface area contributed by atoms with Gasteiger partial charge in [0.2, 0.25) is 5.91 Å². The number of hydrogen-bond donors (Lipinski definition) is 2. The third-order valence-electron chi connectivity index (χ3n) is 3.66. The zero-order valence-electron chi connectivity index (χ0n) is 15.2. The number of carbonyl (C=O) groups is 2. The van der Waals surface area contributed by atoms with E-state index in [9.17, 15) is 22.8 Å². The maximum absolute atomic E-state index is 12.7. The van der Waals surface area contributed by atoms with Crippen molar-refractivity contribution in [1.29, 1.82) is 0 Å². The summed E-state index contributed by atoms with van der Waals surface area (Å²) in [6.07, 6.45) is -4.82.